The Bertz CT molecular complexity index is 666. The Hall–Kier alpha value is -1.85. The van der Waals surface area contributed by atoms with Crippen molar-refractivity contribution in [1.82, 2.24) is 4.98 Å². The highest BCUT2D eigenvalue weighted by atomic mass is 35.5. The number of pyridine rings is 1. The summed E-state index contributed by atoms with van der Waals surface area (Å²) < 4.78 is 0. The monoisotopic (exact) mass is 281 g/mol. The van der Waals surface area contributed by atoms with Gasteiger partial charge in [0.05, 0.1) is 6.04 Å². The van der Waals surface area contributed by atoms with Gasteiger partial charge in [-0.2, -0.15) is 0 Å². The van der Waals surface area contributed by atoms with Crippen molar-refractivity contribution in [3.05, 3.63) is 45.7 Å². The molecule has 1 atom stereocenters. The third-order valence-electron chi connectivity index (χ3n) is 2.88. The lowest BCUT2D eigenvalue weighted by molar-refractivity contribution is -0.119. The van der Waals surface area contributed by atoms with Crippen molar-refractivity contribution in [3.8, 4) is 0 Å². The van der Waals surface area contributed by atoms with E-state index in [0.29, 0.717) is 5.56 Å². The molecule has 6 heteroatoms. The molecular weight excluding hydrogens is 266 g/mol. The highest BCUT2D eigenvalue weighted by molar-refractivity contribution is 5.85. The summed E-state index contributed by atoms with van der Waals surface area (Å²) in [6.07, 6.45) is 0.147. The Labute approximate surface area is 116 Å². The molecule has 1 heterocycles. The molecule has 0 saturated carbocycles. The molecule has 0 saturated heterocycles. The van der Waals surface area contributed by atoms with Crippen LogP contribution >= 0.6 is 12.4 Å². The van der Waals surface area contributed by atoms with Gasteiger partial charge in [-0.05, 0) is 30.5 Å². The molecule has 1 amide bonds. The van der Waals surface area contributed by atoms with E-state index in [1.165, 1.54) is 0 Å². The van der Waals surface area contributed by atoms with Gasteiger partial charge in [0.15, 0.2) is 0 Å². The summed E-state index contributed by atoms with van der Waals surface area (Å²) in [5, 5.41) is 0.918. The lowest BCUT2D eigenvalue weighted by atomic mass is 10.0. The molecule has 19 heavy (non-hydrogen) atoms. The molecule has 102 valence electrons. The summed E-state index contributed by atoms with van der Waals surface area (Å²) in [5.74, 6) is -0.612. The van der Waals surface area contributed by atoms with Gasteiger partial charge in [-0.3, -0.25) is 9.59 Å². The number of aromatic amines is 1. The number of fused-ring (bicyclic) bond motifs is 1. The number of benzene rings is 1. The molecule has 0 aliphatic rings. The molecule has 0 unspecified atom stereocenters. The molecule has 1 aromatic heterocycles. The highest BCUT2D eigenvalue weighted by Gasteiger charge is 2.13. The highest BCUT2D eigenvalue weighted by Crippen LogP contribution is 2.13. The van der Waals surface area contributed by atoms with E-state index in [-0.39, 0.29) is 24.4 Å². The Morgan fingerprint density at radius 2 is 2.05 bits per heavy atom. The van der Waals surface area contributed by atoms with Crippen molar-refractivity contribution in [2.75, 3.05) is 0 Å². The number of nitrogens with one attached hydrogen (secondary N) is 1. The van der Waals surface area contributed by atoms with Crippen molar-refractivity contribution >= 4 is 29.2 Å². The van der Waals surface area contributed by atoms with Crippen LogP contribution in [0.1, 0.15) is 11.1 Å². The number of H-pyrrole nitrogens is 1. The van der Waals surface area contributed by atoms with Crippen LogP contribution in [0.25, 0.3) is 10.9 Å². The van der Waals surface area contributed by atoms with Gasteiger partial charge in [0.1, 0.15) is 0 Å². The average Bonchev–Trinajstić information content (AvgIpc) is 2.30. The number of aryl methyl sites for hydroxylation is 1. The Kier molecular flexibility index (Phi) is 4.69. The normalized spacial score (nSPS) is 11.9. The largest absolute Gasteiger partial charge is 0.368 e. The van der Waals surface area contributed by atoms with Crippen molar-refractivity contribution in [2.45, 2.75) is 19.4 Å². The number of hydrogen-bond acceptors (Lipinski definition) is 3. The van der Waals surface area contributed by atoms with Crippen LogP contribution in [0.3, 0.4) is 0 Å². The second-order valence-electron chi connectivity index (χ2n) is 4.43. The average molecular weight is 282 g/mol. The van der Waals surface area contributed by atoms with E-state index in [2.05, 4.69) is 4.98 Å². The van der Waals surface area contributed by atoms with Crippen LogP contribution in [0.15, 0.2) is 29.1 Å². The van der Waals surface area contributed by atoms with Crippen molar-refractivity contribution < 1.29 is 4.79 Å². The zero-order valence-electron chi connectivity index (χ0n) is 10.5. The summed E-state index contributed by atoms with van der Waals surface area (Å²) in [5.41, 5.74) is 12.8. The Morgan fingerprint density at radius 3 is 2.68 bits per heavy atom. The van der Waals surface area contributed by atoms with Crippen LogP contribution in [-0.2, 0) is 11.2 Å². The minimum absolute atomic E-state index is 0. The topological polar surface area (TPSA) is 102 Å². The molecule has 2 rings (SSSR count). The summed E-state index contributed by atoms with van der Waals surface area (Å²) in [6, 6.07) is 6.65. The molecule has 5 nitrogen and oxygen atoms in total. The van der Waals surface area contributed by atoms with Crippen molar-refractivity contribution in [1.29, 1.82) is 0 Å². The number of aromatic nitrogens is 1. The number of hydrogen-bond donors (Lipinski definition) is 3. The summed E-state index contributed by atoms with van der Waals surface area (Å²) in [4.78, 5) is 25.5. The molecule has 0 bridgehead atoms. The van der Waals surface area contributed by atoms with Crippen LogP contribution in [-0.4, -0.2) is 16.9 Å². The number of halogens is 1. The van der Waals surface area contributed by atoms with Gasteiger partial charge in [0.2, 0.25) is 5.91 Å². The minimum Gasteiger partial charge on any atom is -0.368 e. The first-order chi connectivity index (χ1) is 8.47. The first-order valence-electron chi connectivity index (χ1n) is 5.65. The third-order valence-corrected chi connectivity index (χ3v) is 2.88. The van der Waals surface area contributed by atoms with Crippen LogP contribution < -0.4 is 17.0 Å². The molecule has 0 radical (unpaired) electrons. The van der Waals surface area contributed by atoms with E-state index in [1.54, 1.807) is 6.07 Å². The summed E-state index contributed by atoms with van der Waals surface area (Å²) >= 11 is 0. The summed E-state index contributed by atoms with van der Waals surface area (Å²) in [6.45, 7) is 1.97. The van der Waals surface area contributed by atoms with Gasteiger partial charge in [-0.15, -0.1) is 12.4 Å². The molecule has 1 aromatic carbocycles. The SMILES string of the molecule is Cc1ccc2[nH]c(=O)c(C[C@H](N)C(N)=O)cc2c1.Cl. The molecule has 5 N–H and O–H groups in total. The van der Waals surface area contributed by atoms with Crippen LogP contribution in [0, 0.1) is 6.92 Å². The number of carbonyl (C=O) groups is 1. The molecular formula is C13H16ClN3O2. The predicted octanol–water partition coefficient (Wildman–Crippen LogP) is 0.613. The van der Waals surface area contributed by atoms with Gasteiger partial charge < -0.3 is 16.5 Å². The maximum absolute atomic E-state index is 11.8. The van der Waals surface area contributed by atoms with E-state index in [0.717, 1.165) is 16.5 Å². The van der Waals surface area contributed by atoms with E-state index >= 15 is 0 Å². The Balaban J connectivity index is 0.00000180. The maximum Gasteiger partial charge on any atom is 0.251 e. The number of rotatable bonds is 3. The van der Waals surface area contributed by atoms with E-state index in [1.807, 2.05) is 25.1 Å². The quantitative estimate of drug-likeness (QED) is 0.768. The number of carbonyl (C=O) groups excluding carboxylic acids is 1. The zero-order valence-corrected chi connectivity index (χ0v) is 11.3. The molecule has 0 fully saturated rings. The van der Waals surface area contributed by atoms with Gasteiger partial charge in [-0.1, -0.05) is 11.6 Å². The van der Waals surface area contributed by atoms with Crippen molar-refractivity contribution in [2.24, 2.45) is 11.5 Å². The first-order valence-corrected chi connectivity index (χ1v) is 5.65. The fourth-order valence-corrected chi connectivity index (χ4v) is 1.86. The fourth-order valence-electron chi connectivity index (χ4n) is 1.86. The zero-order chi connectivity index (χ0) is 13.3. The third kappa shape index (κ3) is 3.33. The van der Waals surface area contributed by atoms with E-state index < -0.39 is 11.9 Å². The first kappa shape index (κ1) is 15.2. The fraction of sp³-hybridized carbons (Fsp3) is 0.231. The Morgan fingerprint density at radius 1 is 1.37 bits per heavy atom. The van der Waals surface area contributed by atoms with Gasteiger partial charge >= 0.3 is 0 Å². The van der Waals surface area contributed by atoms with Crippen molar-refractivity contribution in [3.63, 3.8) is 0 Å². The number of primary amides is 1. The lowest BCUT2D eigenvalue weighted by Gasteiger charge is -2.08. The van der Waals surface area contributed by atoms with Gasteiger partial charge in [0.25, 0.3) is 5.56 Å². The van der Waals surface area contributed by atoms with Crippen LogP contribution in [0.5, 0.6) is 0 Å². The standard InChI is InChI=1S/C13H15N3O2.ClH/c1-7-2-3-11-8(4-7)5-9(13(18)16-11)6-10(14)12(15)17;/h2-5,10H,6,14H2,1H3,(H2,15,17)(H,16,18);1H/t10-;/m0./s1. The molecule has 2 aromatic rings. The molecule has 0 spiro atoms. The molecule has 0 aliphatic carbocycles. The smallest absolute Gasteiger partial charge is 0.251 e. The second kappa shape index (κ2) is 5.86. The number of amides is 1. The minimum atomic E-state index is -0.839. The van der Waals surface area contributed by atoms with Crippen LogP contribution in [0.2, 0.25) is 0 Å². The predicted molar refractivity (Wildman–Crippen MR) is 77.4 cm³/mol. The molecule has 0 aliphatic heterocycles. The number of nitrogens with two attached hydrogens (primary N) is 2. The summed E-state index contributed by atoms with van der Waals surface area (Å²) in [7, 11) is 0. The maximum atomic E-state index is 11.8. The lowest BCUT2D eigenvalue weighted by Crippen LogP contribution is -2.39. The van der Waals surface area contributed by atoms with E-state index in [9.17, 15) is 9.59 Å². The van der Waals surface area contributed by atoms with Crippen LogP contribution in [0.4, 0.5) is 0 Å². The van der Waals surface area contributed by atoms with Gasteiger partial charge in [-0.25, -0.2) is 0 Å². The van der Waals surface area contributed by atoms with E-state index in [4.69, 9.17) is 11.5 Å². The van der Waals surface area contributed by atoms with Gasteiger partial charge in [0, 0.05) is 17.5 Å². The second-order valence-corrected chi connectivity index (χ2v) is 4.43.